The van der Waals surface area contributed by atoms with Crippen LogP contribution in [0, 0.1) is 0 Å². The molecule has 5 nitrogen and oxygen atoms in total. The highest BCUT2D eigenvalue weighted by Gasteiger charge is 2.24. The molecule has 5 heteroatoms. The van der Waals surface area contributed by atoms with Crippen molar-refractivity contribution in [3.05, 3.63) is 59.7 Å². The Morgan fingerprint density at radius 2 is 1.80 bits per heavy atom. The molecule has 2 aliphatic rings. The fourth-order valence-corrected chi connectivity index (χ4v) is 4.63. The number of rotatable bonds is 8. The van der Waals surface area contributed by atoms with Gasteiger partial charge in [0, 0.05) is 32.7 Å². The SMILES string of the molecule is CCOc1ccccc1N1CCN(C[C@H](O)CO[C@H]2CCCc3ccccc32)CC1. The topological polar surface area (TPSA) is 45.2 Å². The lowest BCUT2D eigenvalue weighted by molar-refractivity contribution is -0.0285. The van der Waals surface area contributed by atoms with E-state index in [9.17, 15) is 5.11 Å². The number of benzene rings is 2. The van der Waals surface area contributed by atoms with Gasteiger partial charge in [0.1, 0.15) is 5.75 Å². The molecule has 162 valence electrons. The van der Waals surface area contributed by atoms with Gasteiger partial charge in [0.2, 0.25) is 0 Å². The van der Waals surface area contributed by atoms with E-state index in [-0.39, 0.29) is 6.10 Å². The number of nitrogens with zero attached hydrogens (tertiary/aromatic N) is 2. The molecule has 0 saturated carbocycles. The molecule has 4 rings (SSSR count). The Kier molecular flexibility index (Phi) is 7.26. The number of hydrogen-bond donors (Lipinski definition) is 1. The average Bonchev–Trinajstić information content (AvgIpc) is 2.79. The van der Waals surface area contributed by atoms with E-state index in [0.717, 1.165) is 51.2 Å². The number of aliphatic hydroxyl groups is 1. The summed E-state index contributed by atoms with van der Waals surface area (Å²) in [6, 6.07) is 16.8. The Bertz CT molecular complexity index is 804. The van der Waals surface area contributed by atoms with Crippen molar-refractivity contribution in [1.29, 1.82) is 0 Å². The maximum absolute atomic E-state index is 10.6. The number of piperazine rings is 1. The van der Waals surface area contributed by atoms with Crippen LogP contribution in [0.1, 0.15) is 37.0 Å². The van der Waals surface area contributed by atoms with Crippen LogP contribution in [-0.2, 0) is 11.2 Å². The second-order valence-electron chi connectivity index (χ2n) is 8.26. The first kappa shape index (κ1) is 21.2. The zero-order chi connectivity index (χ0) is 20.8. The molecule has 0 bridgehead atoms. The Morgan fingerprint density at radius 3 is 2.63 bits per heavy atom. The van der Waals surface area contributed by atoms with Crippen LogP contribution in [-0.4, -0.2) is 62.0 Å². The van der Waals surface area contributed by atoms with E-state index in [1.54, 1.807) is 0 Å². The lowest BCUT2D eigenvalue weighted by Gasteiger charge is -2.37. The monoisotopic (exact) mass is 410 g/mol. The quantitative estimate of drug-likeness (QED) is 0.720. The maximum Gasteiger partial charge on any atom is 0.142 e. The van der Waals surface area contributed by atoms with E-state index in [1.807, 2.05) is 19.1 Å². The second-order valence-corrected chi connectivity index (χ2v) is 8.26. The van der Waals surface area contributed by atoms with Crippen molar-refractivity contribution in [2.24, 2.45) is 0 Å². The first-order chi connectivity index (χ1) is 14.7. The number of aryl methyl sites for hydroxylation is 1. The molecule has 2 atom stereocenters. The van der Waals surface area contributed by atoms with Crippen LogP contribution < -0.4 is 9.64 Å². The third-order valence-electron chi connectivity index (χ3n) is 6.15. The van der Waals surface area contributed by atoms with Crippen LogP contribution in [0.2, 0.25) is 0 Å². The summed E-state index contributed by atoms with van der Waals surface area (Å²) >= 11 is 0. The van der Waals surface area contributed by atoms with Crippen molar-refractivity contribution in [2.45, 2.75) is 38.4 Å². The fourth-order valence-electron chi connectivity index (χ4n) is 4.63. The zero-order valence-electron chi connectivity index (χ0n) is 18.0. The van der Waals surface area contributed by atoms with Gasteiger partial charge in [-0.2, -0.15) is 0 Å². The summed E-state index contributed by atoms with van der Waals surface area (Å²) in [5.74, 6) is 0.953. The smallest absolute Gasteiger partial charge is 0.142 e. The first-order valence-corrected chi connectivity index (χ1v) is 11.3. The molecule has 30 heavy (non-hydrogen) atoms. The zero-order valence-corrected chi connectivity index (χ0v) is 18.0. The van der Waals surface area contributed by atoms with Crippen LogP contribution in [0.3, 0.4) is 0 Å². The van der Waals surface area contributed by atoms with Crippen LogP contribution in [0.15, 0.2) is 48.5 Å². The van der Waals surface area contributed by atoms with E-state index < -0.39 is 6.10 Å². The molecule has 0 radical (unpaired) electrons. The van der Waals surface area contributed by atoms with Gasteiger partial charge in [0.15, 0.2) is 0 Å². The maximum atomic E-state index is 10.6. The first-order valence-electron chi connectivity index (χ1n) is 11.3. The van der Waals surface area contributed by atoms with Gasteiger partial charge in [0.25, 0.3) is 0 Å². The largest absolute Gasteiger partial charge is 0.492 e. The fraction of sp³-hybridized carbons (Fsp3) is 0.520. The third kappa shape index (κ3) is 5.15. The predicted molar refractivity (Wildman–Crippen MR) is 120 cm³/mol. The minimum atomic E-state index is -0.457. The highest BCUT2D eigenvalue weighted by Crippen LogP contribution is 2.32. The van der Waals surface area contributed by atoms with E-state index in [1.165, 1.54) is 16.8 Å². The molecule has 0 spiro atoms. The van der Waals surface area contributed by atoms with Crippen LogP contribution in [0.4, 0.5) is 5.69 Å². The number of anilines is 1. The summed E-state index contributed by atoms with van der Waals surface area (Å²) in [7, 11) is 0. The molecule has 1 heterocycles. The normalized spacial score (nSPS) is 20.6. The summed E-state index contributed by atoms with van der Waals surface area (Å²) < 4.78 is 11.9. The third-order valence-corrected chi connectivity index (χ3v) is 6.15. The Morgan fingerprint density at radius 1 is 1.03 bits per heavy atom. The van der Waals surface area contributed by atoms with Crippen LogP contribution in [0.25, 0.3) is 0 Å². The van der Waals surface area contributed by atoms with Crippen molar-refractivity contribution in [2.75, 3.05) is 50.8 Å². The standard InChI is InChI=1S/C25H34N2O3/c1-2-29-25-12-6-5-11-23(25)27-16-14-26(15-17-27)18-21(28)19-30-24-13-7-9-20-8-3-4-10-22(20)24/h3-6,8,10-12,21,24,28H,2,7,9,13-19H2,1H3/t21-,24-/m0/s1. The van der Waals surface area contributed by atoms with Gasteiger partial charge < -0.3 is 19.5 Å². The number of ether oxygens (including phenoxy) is 2. The summed E-state index contributed by atoms with van der Waals surface area (Å²) in [6.45, 7) is 7.50. The molecule has 0 unspecified atom stereocenters. The van der Waals surface area contributed by atoms with E-state index in [2.05, 4.69) is 46.2 Å². The Labute approximate surface area is 180 Å². The molecule has 1 N–H and O–H groups in total. The second kappa shape index (κ2) is 10.3. The number of aliphatic hydroxyl groups excluding tert-OH is 1. The van der Waals surface area contributed by atoms with Gasteiger partial charge in [-0.1, -0.05) is 36.4 Å². The molecule has 0 amide bonds. The minimum Gasteiger partial charge on any atom is -0.492 e. The van der Waals surface area contributed by atoms with Crippen LogP contribution >= 0.6 is 0 Å². The average molecular weight is 411 g/mol. The van der Waals surface area contributed by atoms with E-state index in [0.29, 0.717) is 19.8 Å². The van der Waals surface area contributed by atoms with Gasteiger partial charge in [0.05, 0.1) is 31.1 Å². The molecule has 1 saturated heterocycles. The number of fused-ring (bicyclic) bond motifs is 1. The molecule has 2 aromatic rings. The van der Waals surface area contributed by atoms with Crippen molar-refractivity contribution in [3.63, 3.8) is 0 Å². The molecular weight excluding hydrogens is 376 g/mol. The van der Waals surface area contributed by atoms with Gasteiger partial charge in [-0.25, -0.2) is 0 Å². The lowest BCUT2D eigenvalue weighted by atomic mass is 9.89. The van der Waals surface area contributed by atoms with E-state index in [4.69, 9.17) is 9.47 Å². The number of para-hydroxylation sites is 2. The summed E-state index contributed by atoms with van der Waals surface area (Å²) in [4.78, 5) is 4.71. The van der Waals surface area contributed by atoms with Crippen molar-refractivity contribution >= 4 is 5.69 Å². The van der Waals surface area contributed by atoms with Crippen molar-refractivity contribution in [1.82, 2.24) is 4.90 Å². The summed E-state index contributed by atoms with van der Waals surface area (Å²) in [5, 5.41) is 10.6. The highest BCUT2D eigenvalue weighted by atomic mass is 16.5. The highest BCUT2D eigenvalue weighted by molar-refractivity contribution is 5.58. The van der Waals surface area contributed by atoms with Crippen molar-refractivity contribution < 1.29 is 14.6 Å². The predicted octanol–water partition coefficient (Wildman–Crippen LogP) is 3.66. The molecule has 1 aliphatic carbocycles. The van der Waals surface area contributed by atoms with Gasteiger partial charge >= 0.3 is 0 Å². The molecule has 1 fully saturated rings. The van der Waals surface area contributed by atoms with Crippen molar-refractivity contribution in [3.8, 4) is 5.75 Å². The molecular formula is C25H34N2O3. The van der Waals surface area contributed by atoms with Gasteiger partial charge in [-0.05, 0) is 49.4 Å². The molecule has 1 aliphatic heterocycles. The summed E-state index contributed by atoms with van der Waals surface area (Å²) in [5.41, 5.74) is 3.86. The van der Waals surface area contributed by atoms with Gasteiger partial charge in [-0.3, -0.25) is 4.90 Å². The number of hydrogen-bond acceptors (Lipinski definition) is 5. The van der Waals surface area contributed by atoms with Gasteiger partial charge in [-0.15, -0.1) is 0 Å². The van der Waals surface area contributed by atoms with E-state index >= 15 is 0 Å². The minimum absolute atomic E-state index is 0.122. The molecule has 0 aromatic heterocycles. The Hall–Kier alpha value is -2.08. The Balaban J connectivity index is 1.24. The number of β-amino-alcohol motifs (C(OH)–C–C–N with tert-alkyl or cyclic N) is 1. The van der Waals surface area contributed by atoms with Crippen LogP contribution in [0.5, 0.6) is 5.75 Å². The molecule has 2 aromatic carbocycles. The summed E-state index contributed by atoms with van der Waals surface area (Å²) in [6.07, 6.45) is 3.00. The lowest BCUT2D eigenvalue weighted by Crippen LogP contribution is -2.49.